The van der Waals surface area contributed by atoms with Crippen LogP contribution in [0.1, 0.15) is 28.5 Å². The summed E-state index contributed by atoms with van der Waals surface area (Å²) in [5.74, 6) is 0.533. The fraction of sp³-hybridized carbons (Fsp3) is 0.273. The summed E-state index contributed by atoms with van der Waals surface area (Å²) in [5, 5.41) is 7.40. The summed E-state index contributed by atoms with van der Waals surface area (Å²) in [6.07, 6.45) is 0.478. The van der Waals surface area contributed by atoms with Crippen molar-refractivity contribution in [1.29, 1.82) is 0 Å². The van der Waals surface area contributed by atoms with E-state index in [1.165, 1.54) is 0 Å². The number of ether oxygens (including phenoxy) is 1. The lowest BCUT2D eigenvalue weighted by Crippen LogP contribution is -2.17. The monoisotopic (exact) mass is 425 g/mol. The second kappa shape index (κ2) is 7.95. The average Bonchev–Trinajstić information content (AvgIpc) is 3.33. The van der Waals surface area contributed by atoms with E-state index in [1.807, 2.05) is 55.5 Å². The largest absolute Gasteiger partial charge is 0.497 e. The van der Waals surface area contributed by atoms with Crippen LogP contribution in [-0.4, -0.2) is 42.7 Å². The quantitative estimate of drug-likeness (QED) is 0.676. The van der Waals surface area contributed by atoms with Crippen molar-refractivity contribution in [3.05, 3.63) is 65.9 Å². The maximum atomic E-state index is 12.9. The first-order valence-electron chi connectivity index (χ1n) is 9.68. The number of hydrogen-bond donors (Lipinski definition) is 1. The predicted octanol–water partition coefficient (Wildman–Crippen LogP) is 3.48. The lowest BCUT2D eigenvalue weighted by Gasteiger charge is -2.13. The van der Waals surface area contributed by atoms with Gasteiger partial charge in [0, 0.05) is 11.3 Å². The van der Waals surface area contributed by atoms with Crippen molar-refractivity contribution < 1.29 is 17.9 Å². The highest BCUT2D eigenvalue weighted by Gasteiger charge is 2.32. The number of methoxy groups -OCH3 is 1. The first-order valence-corrected chi connectivity index (χ1v) is 11.5. The number of carbonyl (C=O) groups is 1. The van der Waals surface area contributed by atoms with Crippen LogP contribution in [0.15, 0.2) is 54.6 Å². The molecule has 2 aromatic carbocycles. The molecule has 0 bridgehead atoms. The summed E-state index contributed by atoms with van der Waals surface area (Å²) in [6, 6.07) is 16.3. The number of para-hydroxylation sites is 1. The van der Waals surface area contributed by atoms with Crippen molar-refractivity contribution in [3.8, 4) is 17.0 Å². The van der Waals surface area contributed by atoms with Gasteiger partial charge in [-0.05, 0) is 55.3 Å². The molecule has 8 heteroatoms. The first kappa shape index (κ1) is 20.2. The molecular formula is C22H23N3O4S. The van der Waals surface area contributed by atoms with Gasteiger partial charge in [-0.2, -0.15) is 5.10 Å². The van der Waals surface area contributed by atoms with Crippen molar-refractivity contribution >= 4 is 21.4 Å². The summed E-state index contributed by atoms with van der Waals surface area (Å²) < 4.78 is 31.0. The van der Waals surface area contributed by atoms with Crippen LogP contribution in [0.3, 0.4) is 0 Å². The van der Waals surface area contributed by atoms with Gasteiger partial charge in [-0.3, -0.25) is 9.48 Å². The molecule has 30 heavy (non-hydrogen) atoms. The van der Waals surface area contributed by atoms with Crippen LogP contribution in [0.5, 0.6) is 5.75 Å². The normalized spacial score (nSPS) is 17.6. The Kier molecular flexibility index (Phi) is 5.34. The number of carbonyl (C=O) groups excluding carboxylic acids is 1. The molecule has 0 saturated carbocycles. The Hall–Kier alpha value is -3.13. The molecule has 2 heterocycles. The van der Waals surface area contributed by atoms with Gasteiger partial charge in [0.05, 0.1) is 30.4 Å². The highest BCUT2D eigenvalue weighted by Crippen LogP contribution is 2.31. The minimum absolute atomic E-state index is 0.0245. The molecule has 1 aliphatic rings. The number of nitrogens with zero attached hydrogens (tertiary/aromatic N) is 2. The molecule has 0 unspecified atom stereocenters. The molecule has 4 rings (SSSR count). The van der Waals surface area contributed by atoms with E-state index in [4.69, 9.17) is 4.74 Å². The topological polar surface area (TPSA) is 90.3 Å². The number of benzene rings is 2. The Morgan fingerprint density at radius 1 is 1.17 bits per heavy atom. The van der Waals surface area contributed by atoms with Crippen LogP contribution in [0.2, 0.25) is 0 Å². The van der Waals surface area contributed by atoms with E-state index in [9.17, 15) is 13.2 Å². The number of nitrogens with one attached hydrogen (secondary N) is 1. The Labute approximate surface area is 175 Å². The van der Waals surface area contributed by atoms with E-state index in [-0.39, 0.29) is 29.1 Å². The van der Waals surface area contributed by atoms with Crippen molar-refractivity contribution in [2.75, 3.05) is 23.9 Å². The van der Waals surface area contributed by atoms with Gasteiger partial charge in [-0.15, -0.1) is 0 Å². The highest BCUT2D eigenvalue weighted by molar-refractivity contribution is 7.91. The zero-order valence-electron chi connectivity index (χ0n) is 16.8. The Morgan fingerprint density at radius 2 is 1.90 bits per heavy atom. The molecule has 1 N–H and O–H groups in total. The van der Waals surface area contributed by atoms with Gasteiger partial charge < -0.3 is 10.1 Å². The third kappa shape index (κ3) is 4.09. The second-order valence-electron chi connectivity index (χ2n) is 7.41. The summed E-state index contributed by atoms with van der Waals surface area (Å²) in [6.45, 7) is 1.92. The fourth-order valence-corrected chi connectivity index (χ4v) is 5.32. The number of hydrogen-bond acceptors (Lipinski definition) is 5. The van der Waals surface area contributed by atoms with Crippen molar-refractivity contribution in [3.63, 3.8) is 0 Å². The number of rotatable bonds is 5. The fourth-order valence-electron chi connectivity index (χ4n) is 3.63. The Morgan fingerprint density at radius 3 is 2.53 bits per heavy atom. The molecule has 1 aliphatic heterocycles. The van der Waals surface area contributed by atoms with Crippen molar-refractivity contribution in [2.24, 2.45) is 0 Å². The van der Waals surface area contributed by atoms with E-state index in [0.717, 1.165) is 11.1 Å². The molecule has 1 aromatic heterocycles. The van der Waals surface area contributed by atoms with Gasteiger partial charge in [0.1, 0.15) is 5.75 Å². The van der Waals surface area contributed by atoms with E-state index >= 15 is 0 Å². The maximum absolute atomic E-state index is 12.9. The average molecular weight is 426 g/mol. The molecular weight excluding hydrogens is 402 g/mol. The van der Waals surface area contributed by atoms with Crippen LogP contribution in [0.4, 0.5) is 5.69 Å². The van der Waals surface area contributed by atoms with Gasteiger partial charge >= 0.3 is 0 Å². The summed E-state index contributed by atoms with van der Waals surface area (Å²) in [5.41, 5.74) is 3.44. The zero-order valence-corrected chi connectivity index (χ0v) is 17.6. The maximum Gasteiger partial charge on any atom is 0.276 e. The summed E-state index contributed by atoms with van der Waals surface area (Å²) in [7, 11) is -1.51. The molecule has 1 saturated heterocycles. The van der Waals surface area contributed by atoms with Crippen LogP contribution in [0.25, 0.3) is 11.3 Å². The lowest BCUT2D eigenvalue weighted by atomic mass is 10.1. The van der Waals surface area contributed by atoms with E-state index in [1.54, 1.807) is 17.9 Å². The zero-order chi connectivity index (χ0) is 21.3. The number of amides is 1. The lowest BCUT2D eigenvalue weighted by molar-refractivity contribution is 0.102. The molecule has 0 spiro atoms. The molecule has 7 nitrogen and oxygen atoms in total. The standard InChI is InChI=1S/C22H23N3O4S/c1-15-5-3-4-6-19(15)23-22(26)20-13-21(16-7-9-18(29-2)10-8-16)25(24-20)17-11-12-30(27,28)14-17/h3-10,13,17H,11-12,14H2,1-2H3,(H,23,26)/t17-/m1/s1. The smallest absolute Gasteiger partial charge is 0.276 e. The van der Waals surface area contributed by atoms with Crippen LogP contribution in [0, 0.1) is 6.92 Å². The SMILES string of the molecule is COc1ccc(-c2cc(C(=O)Nc3ccccc3C)nn2[C@@H]2CCS(=O)(=O)C2)cc1. The molecule has 0 aliphatic carbocycles. The number of aromatic nitrogens is 2. The van der Waals surface area contributed by atoms with Gasteiger partial charge in [0.25, 0.3) is 5.91 Å². The van der Waals surface area contributed by atoms with E-state index in [2.05, 4.69) is 10.4 Å². The van der Waals surface area contributed by atoms with Crippen LogP contribution < -0.4 is 10.1 Å². The summed E-state index contributed by atoms with van der Waals surface area (Å²) >= 11 is 0. The van der Waals surface area contributed by atoms with Crippen LogP contribution in [-0.2, 0) is 9.84 Å². The summed E-state index contributed by atoms with van der Waals surface area (Å²) in [4.78, 5) is 12.9. The van der Waals surface area contributed by atoms with E-state index < -0.39 is 9.84 Å². The highest BCUT2D eigenvalue weighted by atomic mass is 32.2. The third-order valence-corrected chi connectivity index (χ3v) is 7.05. The first-order chi connectivity index (χ1) is 14.4. The van der Waals surface area contributed by atoms with E-state index in [0.29, 0.717) is 23.6 Å². The van der Waals surface area contributed by atoms with Gasteiger partial charge in [0.2, 0.25) is 0 Å². The molecule has 156 valence electrons. The third-order valence-electron chi connectivity index (χ3n) is 5.30. The van der Waals surface area contributed by atoms with Crippen molar-refractivity contribution in [2.45, 2.75) is 19.4 Å². The van der Waals surface area contributed by atoms with Gasteiger partial charge in [-0.25, -0.2) is 8.42 Å². The Bertz CT molecular complexity index is 1180. The Balaban J connectivity index is 1.71. The molecule has 0 radical (unpaired) electrons. The minimum Gasteiger partial charge on any atom is -0.497 e. The number of sulfone groups is 1. The van der Waals surface area contributed by atoms with Gasteiger partial charge in [-0.1, -0.05) is 18.2 Å². The number of aryl methyl sites for hydroxylation is 1. The van der Waals surface area contributed by atoms with Crippen molar-refractivity contribution in [1.82, 2.24) is 9.78 Å². The van der Waals surface area contributed by atoms with Gasteiger partial charge in [0.15, 0.2) is 15.5 Å². The molecule has 1 atom stereocenters. The minimum atomic E-state index is -3.10. The number of anilines is 1. The predicted molar refractivity (Wildman–Crippen MR) is 116 cm³/mol. The molecule has 1 fully saturated rings. The second-order valence-corrected chi connectivity index (χ2v) is 9.64. The molecule has 3 aromatic rings. The molecule has 1 amide bonds. The van der Waals surface area contributed by atoms with Crippen LogP contribution >= 0.6 is 0 Å².